The smallest absolute Gasteiger partial charge is 0.322 e. The molecule has 6 heteroatoms. The molecule has 0 radical (unpaired) electrons. The van der Waals surface area contributed by atoms with Gasteiger partial charge in [0.15, 0.2) is 0 Å². The summed E-state index contributed by atoms with van der Waals surface area (Å²) in [6, 6.07) is 10.1. The molecule has 0 aliphatic carbocycles. The molecule has 0 atom stereocenters. The van der Waals surface area contributed by atoms with Gasteiger partial charge in [-0.2, -0.15) is 0 Å². The van der Waals surface area contributed by atoms with E-state index in [0.717, 1.165) is 18.5 Å². The summed E-state index contributed by atoms with van der Waals surface area (Å²) in [5.41, 5.74) is 3.71. The molecule has 2 heterocycles. The molecule has 3 aromatic rings. The number of rotatable bonds is 2. The Morgan fingerprint density at radius 2 is 2.12 bits per heavy atom. The minimum atomic E-state index is -0.538. The second-order valence-electron chi connectivity index (χ2n) is 6.48. The third-order valence-corrected chi connectivity index (χ3v) is 5.12. The molecule has 1 aromatic heterocycles. The number of urea groups is 1. The number of benzene rings is 2. The third kappa shape index (κ3) is 2.92. The number of hydrogen-bond acceptors (Lipinski definition) is 1. The lowest BCUT2D eigenvalue weighted by Crippen LogP contribution is -2.35. The SMILES string of the molecule is CCn1cc2c3c(cccc31)CN(C(=O)Nc1ccc(Cl)cc1F)CC2. The predicted molar refractivity (Wildman–Crippen MR) is 102 cm³/mol. The summed E-state index contributed by atoms with van der Waals surface area (Å²) in [5.74, 6) is -0.538. The highest BCUT2D eigenvalue weighted by atomic mass is 35.5. The molecule has 26 heavy (non-hydrogen) atoms. The number of carbonyl (C=O) groups is 1. The van der Waals surface area contributed by atoms with Gasteiger partial charge in [-0.3, -0.25) is 0 Å². The van der Waals surface area contributed by atoms with Crippen molar-refractivity contribution in [1.29, 1.82) is 0 Å². The van der Waals surface area contributed by atoms with Crippen molar-refractivity contribution in [2.45, 2.75) is 26.4 Å². The normalized spacial score (nSPS) is 13.7. The van der Waals surface area contributed by atoms with Crippen molar-refractivity contribution < 1.29 is 9.18 Å². The van der Waals surface area contributed by atoms with E-state index in [1.54, 1.807) is 11.0 Å². The Morgan fingerprint density at radius 3 is 2.88 bits per heavy atom. The second-order valence-corrected chi connectivity index (χ2v) is 6.91. The maximum absolute atomic E-state index is 14.0. The summed E-state index contributed by atoms with van der Waals surface area (Å²) >= 11 is 5.77. The average molecular weight is 372 g/mol. The average Bonchev–Trinajstić information content (AvgIpc) is 2.88. The van der Waals surface area contributed by atoms with Crippen LogP contribution in [0, 0.1) is 5.82 Å². The Hall–Kier alpha value is -2.53. The molecule has 2 aromatic carbocycles. The second kappa shape index (κ2) is 6.65. The molecule has 0 fully saturated rings. The van der Waals surface area contributed by atoms with E-state index < -0.39 is 5.82 Å². The fourth-order valence-electron chi connectivity index (χ4n) is 3.60. The van der Waals surface area contributed by atoms with Gasteiger partial charge in [-0.25, -0.2) is 9.18 Å². The molecule has 4 rings (SSSR count). The highest BCUT2D eigenvalue weighted by molar-refractivity contribution is 6.30. The Morgan fingerprint density at radius 1 is 1.27 bits per heavy atom. The molecule has 1 aliphatic rings. The van der Waals surface area contributed by atoms with Crippen LogP contribution in [-0.2, 0) is 19.5 Å². The summed E-state index contributed by atoms with van der Waals surface area (Å²) < 4.78 is 16.2. The van der Waals surface area contributed by atoms with Crippen LogP contribution in [0.5, 0.6) is 0 Å². The largest absolute Gasteiger partial charge is 0.347 e. The number of carbonyl (C=O) groups excluding carboxylic acids is 1. The fraction of sp³-hybridized carbons (Fsp3) is 0.250. The van der Waals surface area contributed by atoms with Crippen molar-refractivity contribution in [3.63, 3.8) is 0 Å². The first-order chi connectivity index (χ1) is 12.6. The number of nitrogens with one attached hydrogen (secondary N) is 1. The van der Waals surface area contributed by atoms with E-state index >= 15 is 0 Å². The molecular formula is C20H19ClFN3O. The zero-order valence-corrected chi connectivity index (χ0v) is 15.2. The van der Waals surface area contributed by atoms with Crippen LogP contribution in [0.15, 0.2) is 42.6 Å². The number of hydrogen-bond donors (Lipinski definition) is 1. The lowest BCUT2D eigenvalue weighted by Gasteiger charge is -2.22. The van der Waals surface area contributed by atoms with Crippen LogP contribution in [-0.4, -0.2) is 22.0 Å². The molecule has 1 N–H and O–H groups in total. The lowest BCUT2D eigenvalue weighted by atomic mass is 10.1. The molecule has 0 unspecified atom stereocenters. The van der Waals surface area contributed by atoms with Crippen molar-refractivity contribution in [1.82, 2.24) is 9.47 Å². The number of aromatic nitrogens is 1. The summed E-state index contributed by atoms with van der Waals surface area (Å²) in [4.78, 5) is 14.4. The minimum absolute atomic E-state index is 0.137. The number of nitrogens with zero attached hydrogens (tertiary/aromatic N) is 2. The van der Waals surface area contributed by atoms with E-state index in [9.17, 15) is 9.18 Å². The molecule has 4 nitrogen and oxygen atoms in total. The third-order valence-electron chi connectivity index (χ3n) is 4.88. The molecule has 0 saturated heterocycles. The zero-order chi connectivity index (χ0) is 18.3. The number of halogens is 2. The maximum Gasteiger partial charge on any atom is 0.322 e. The summed E-state index contributed by atoms with van der Waals surface area (Å²) in [7, 11) is 0. The first-order valence-electron chi connectivity index (χ1n) is 8.67. The molecule has 134 valence electrons. The Bertz CT molecular complexity index is 998. The zero-order valence-electron chi connectivity index (χ0n) is 14.4. The summed E-state index contributed by atoms with van der Waals surface area (Å²) in [6.07, 6.45) is 2.95. The molecular weight excluding hydrogens is 353 g/mol. The van der Waals surface area contributed by atoms with Crippen LogP contribution >= 0.6 is 11.6 Å². The van der Waals surface area contributed by atoms with Crippen LogP contribution in [0.4, 0.5) is 14.9 Å². The van der Waals surface area contributed by atoms with Crippen molar-refractivity contribution in [3.8, 4) is 0 Å². The van der Waals surface area contributed by atoms with Gasteiger partial charge in [0.25, 0.3) is 0 Å². The highest BCUT2D eigenvalue weighted by Gasteiger charge is 2.22. The van der Waals surface area contributed by atoms with E-state index in [2.05, 4.69) is 35.1 Å². The number of amides is 2. The van der Waals surface area contributed by atoms with E-state index in [4.69, 9.17) is 11.6 Å². The summed E-state index contributed by atoms with van der Waals surface area (Å²) in [6.45, 7) is 4.12. The first kappa shape index (κ1) is 16.9. The van der Waals surface area contributed by atoms with E-state index in [1.165, 1.54) is 28.6 Å². The van der Waals surface area contributed by atoms with E-state index in [-0.39, 0.29) is 11.7 Å². The van der Waals surface area contributed by atoms with Gasteiger partial charge in [-0.1, -0.05) is 23.7 Å². The van der Waals surface area contributed by atoms with Gasteiger partial charge >= 0.3 is 6.03 Å². The molecule has 0 bridgehead atoms. The van der Waals surface area contributed by atoms with Gasteiger partial charge in [0.2, 0.25) is 0 Å². The number of aryl methyl sites for hydroxylation is 1. The van der Waals surface area contributed by atoms with E-state index in [1.807, 2.05) is 6.07 Å². The van der Waals surface area contributed by atoms with Gasteiger partial charge in [-0.15, -0.1) is 0 Å². The molecule has 2 amide bonds. The van der Waals surface area contributed by atoms with Gasteiger partial charge < -0.3 is 14.8 Å². The molecule has 0 spiro atoms. The number of anilines is 1. The lowest BCUT2D eigenvalue weighted by molar-refractivity contribution is 0.210. The quantitative estimate of drug-likeness (QED) is 0.673. The monoisotopic (exact) mass is 371 g/mol. The van der Waals surface area contributed by atoms with Crippen molar-refractivity contribution in [2.75, 3.05) is 11.9 Å². The van der Waals surface area contributed by atoms with Crippen LogP contribution in [0.3, 0.4) is 0 Å². The van der Waals surface area contributed by atoms with Gasteiger partial charge in [0.1, 0.15) is 5.82 Å². The standard InChI is InChI=1S/C20H19ClFN3O/c1-2-24-11-14-8-9-25(12-13-4-3-5-18(24)19(13)14)20(26)23-17-7-6-15(21)10-16(17)22/h3-7,10-11H,2,8-9,12H2,1H3,(H,23,26). The van der Waals surface area contributed by atoms with Crippen molar-refractivity contribution in [2.24, 2.45) is 0 Å². The summed E-state index contributed by atoms with van der Waals surface area (Å²) in [5, 5.41) is 4.19. The Kier molecular flexibility index (Phi) is 4.32. The maximum atomic E-state index is 14.0. The van der Waals surface area contributed by atoms with Crippen LogP contribution < -0.4 is 5.32 Å². The predicted octanol–water partition coefficient (Wildman–Crippen LogP) is 5.04. The molecule has 1 aliphatic heterocycles. The van der Waals surface area contributed by atoms with Gasteiger partial charge in [0, 0.05) is 41.8 Å². The first-order valence-corrected chi connectivity index (χ1v) is 9.05. The Balaban J connectivity index is 1.61. The van der Waals surface area contributed by atoms with Crippen molar-refractivity contribution in [3.05, 3.63) is 64.6 Å². The van der Waals surface area contributed by atoms with Crippen molar-refractivity contribution >= 4 is 34.2 Å². The Labute approximate surface area is 156 Å². The fourth-order valence-corrected chi connectivity index (χ4v) is 3.76. The topological polar surface area (TPSA) is 37.3 Å². The molecule has 0 saturated carbocycles. The minimum Gasteiger partial charge on any atom is -0.347 e. The van der Waals surface area contributed by atoms with Gasteiger partial charge in [0.05, 0.1) is 5.69 Å². The van der Waals surface area contributed by atoms with Crippen LogP contribution in [0.25, 0.3) is 10.9 Å². The highest BCUT2D eigenvalue weighted by Crippen LogP contribution is 2.30. The van der Waals surface area contributed by atoms with Crippen LogP contribution in [0.1, 0.15) is 18.1 Å². The van der Waals surface area contributed by atoms with E-state index in [0.29, 0.717) is 18.1 Å². The van der Waals surface area contributed by atoms with Crippen LogP contribution in [0.2, 0.25) is 5.02 Å². The van der Waals surface area contributed by atoms with Gasteiger partial charge in [-0.05, 0) is 48.7 Å².